The fourth-order valence-corrected chi connectivity index (χ4v) is 3.46. The van der Waals surface area contributed by atoms with Gasteiger partial charge in [0, 0.05) is 49.2 Å². The van der Waals surface area contributed by atoms with Crippen molar-refractivity contribution in [3.8, 4) is 0 Å². The lowest BCUT2D eigenvalue weighted by molar-refractivity contribution is 0.156. The van der Waals surface area contributed by atoms with Gasteiger partial charge in [-0.1, -0.05) is 7.43 Å². The molecule has 3 aromatic heterocycles. The van der Waals surface area contributed by atoms with E-state index < -0.39 is 6.10 Å². The predicted molar refractivity (Wildman–Crippen MR) is 95.7 cm³/mol. The molecule has 0 saturated carbocycles. The first-order valence-electron chi connectivity index (χ1n) is 7.95. The van der Waals surface area contributed by atoms with E-state index in [1.54, 1.807) is 12.4 Å². The average molecular weight is 324 g/mol. The van der Waals surface area contributed by atoms with Gasteiger partial charge >= 0.3 is 0 Å². The highest BCUT2D eigenvalue weighted by Gasteiger charge is 2.24. The van der Waals surface area contributed by atoms with Crippen LogP contribution in [0.25, 0.3) is 11.0 Å². The van der Waals surface area contributed by atoms with Gasteiger partial charge in [-0.15, -0.1) is 0 Å². The Morgan fingerprint density at radius 1 is 1.21 bits per heavy atom. The van der Waals surface area contributed by atoms with Crippen LogP contribution in [0.3, 0.4) is 0 Å². The Morgan fingerprint density at radius 2 is 2.00 bits per heavy atom. The van der Waals surface area contributed by atoms with E-state index in [1.165, 1.54) is 16.6 Å². The molecule has 0 amide bonds. The maximum absolute atomic E-state index is 10.6. The van der Waals surface area contributed by atoms with E-state index in [-0.39, 0.29) is 7.43 Å². The number of hydrogen-bond donors (Lipinski definition) is 1. The van der Waals surface area contributed by atoms with Crippen LogP contribution in [-0.2, 0) is 19.5 Å². The molecule has 3 aromatic rings. The number of fused-ring (bicyclic) bond motifs is 3. The molecule has 1 unspecified atom stereocenters. The fraction of sp³-hybridized carbons (Fsp3) is 0.368. The number of aliphatic hydroxyl groups is 1. The molecule has 24 heavy (non-hydrogen) atoms. The maximum Gasteiger partial charge on any atom is 0.140 e. The normalized spacial score (nSPS) is 15.8. The molecule has 1 N–H and O–H groups in total. The highest BCUT2D eigenvalue weighted by Crippen LogP contribution is 2.30. The van der Waals surface area contributed by atoms with Crippen LogP contribution in [0, 0.1) is 0 Å². The highest BCUT2D eigenvalue weighted by atomic mass is 16.3. The van der Waals surface area contributed by atoms with Crippen LogP contribution in [0.1, 0.15) is 30.4 Å². The molecule has 0 aromatic carbocycles. The molecular formula is C19H24N4O. The summed E-state index contributed by atoms with van der Waals surface area (Å²) in [6, 6.07) is 7.85. The van der Waals surface area contributed by atoms with E-state index in [4.69, 9.17) is 0 Å². The standard InChI is InChI=1S/C18H20N4O.CH4/c1-21-10-6-16-15(11-21)14-3-2-7-20-18(14)22(16)12-17(23)13-4-8-19-9-5-13;/h2-5,7-9,17,23H,6,10-12H2,1H3;1H4. The monoisotopic (exact) mass is 324 g/mol. The molecule has 0 fully saturated rings. The first-order chi connectivity index (χ1) is 11.2. The van der Waals surface area contributed by atoms with Gasteiger partial charge in [-0.25, -0.2) is 4.98 Å². The van der Waals surface area contributed by atoms with Gasteiger partial charge in [0.1, 0.15) is 5.65 Å². The van der Waals surface area contributed by atoms with E-state index in [2.05, 4.69) is 32.5 Å². The lowest BCUT2D eigenvalue weighted by atomic mass is 10.1. The molecule has 1 atom stereocenters. The zero-order valence-electron chi connectivity index (χ0n) is 13.2. The fourth-order valence-electron chi connectivity index (χ4n) is 3.46. The third-order valence-corrected chi connectivity index (χ3v) is 4.65. The van der Waals surface area contributed by atoms with Gasteiger partial charge in [0.15, 0.2) is 0 Å². The second-order valence-corrected chi connectivity index (χ2v) is 6.19. The van der Waals surface area contributed by atoms with Crippen molar-refractivity contribution in [1.82, 2.24) is 19.4 Å². The second-order valence-electron chi connectivity index (χ2n) is 6.19. The number of aromatic nitrogens is 3. The lowest BCUT2D eigenvalue weighted by Gasteiger charge is -2.24. The van der Waals surface area contributed by atoms with Gasteiger partial charge in [-0.05, 0) is 42.4 Å². The summed E-state index contributed by atoms with van der Waals surface area (Å²) in [6.45, 7) is 2.50. The van der Waals surface area contributed by atoms with E-state index in [0.29, 0.717) is 6.54 Å². The van der Waals surface area contributed by atoms with Gasteiger partial charge in [0.25, 0.3) is 0 Å². The number of rotatable bonds is 3. The van der Waals surface area contributed by atoms with Gasteiger partial charge < -0.3 is 14.6 Å². The SMILES string of the molecule is C.CN1CCc2c(c3cccnc3n2CC(O)c2ccncc2)C1. The number of likely N-dealkylation sites (N-methyl/N-ethyl adjacent to an activating group) is 1. The maximum atomic E-state index is 10.6. The molecule has 0 aliphatic carbocycles. The first kappa shape index (κ1) is 16.6. The van der Waals surface area contributed by atoms with Crippen molar-refractivity contribution in [2.75, 3.05) is 13.6 Å². The smallest absolute Gasteiger partial charge is 0.140 e. The van der Waals surface area contributed by atoms with Gasteiger partial charge in [-0.3, -0.25) is 4.98 Å². The van der Waals surface area contributed by atoms with Crippen molar-refractivity contribution in [3.05, 3.63) is 59.7 Å². The predicted octanol–water partition coefficient (Wildman–Crippen LogP) is 2.79. The summed E-state index contributed by atoms with van der Waals surface area (Å²) < 4.78 is 2.20. The summed E-state index contributed by atoms with van der Waals surface area (Å²) in [7, 11) is 2.15. The minimum Gasteiger partial charge on any atom is -0.387 e. The van der Waals surface area contributed by atoms with Crippen molar-refractivity contribution in [1.29, 1.82) is 0 Å². The minimum atomic E-state index is -0.556. The molecule has 0 bridgehead atoms. The summed E-state index contributed by atoms with van der Waals surface area (Å²) in [6.07, 6.45) is 5.70. The van der Waals surface area contributed by atoms with Crippen LogP contribution >= 0.6 is 0 Å². The Balaban J connectivity index is 0.00000169. The Bertz CT molecular complexity index is 828. The van der Waals surface area contributed by atoms with E-state index in [0.717, 1.165) is 30.7 Å². The number of hydrogen-bond acceptors (Lipinski definition) is 4. The van der Waals surface area contributed by atoms with E-state index >= 15 is 0 Å². The third kappa shape index (κ3) is 2.81. The molecule has 0 saturated heterocycles. The molecule has 126 valence electrons. The Hall–Kier alpha value is -2.24. The van der Waals surface area contributed by atoms with Gasteiger partial charge in [-0.2, -0.15) is 0 Å². The number of pyridine rings is 2. The van der Waals surface area contributed by atoms with Crippen molar-refractivity contribution >= 4 is 11.0 Å². The molecule has 4 heterocycles. The van der Waals surface area contributed by atoms with Gasteiger partial charge in [0.2, 0.25) is 0 Å². The molecular weight excluding hydrogens is 300 g/mol. The van der Waals surface area contributed by atoms with Gasteiger partial charge in [0.05, 0.1) is 12.6 Å². The summed E-state index contributed by atoms with van der Waals surface area (Å²) >= 11 is 0. The zero-order chi connectivity index (χ0) is 15.8. The molecule has 4 rings (SSSR count). The first-order valence-corrected chi connectivity index (χ1v) is 7.95. The molecule has 1 aliphatic rings. The lowest BCUT2D eigenvalue weighted by Crippen LogP contribution is -2.27. The van der Waals surface area contributed by atoms with Crippen LogP contribution in [0.15, 0.2) is 42.9 Å². The van der Waals surface area contributed by atoms with E-state index in [1.807, 2.05) is 24.4 Å². The highest BCUT2D eigenvalue weighted by molar-refractivity contribution is 5.82. The van der Waals surface area contributed by atoms with Crippen LogP contribution in [-0.4, -0.2) is 38.1 Å². The molecule has 5 nitrogen and oxygen atoms in total. The minimum absolute atomic E-state index is 0. The Morgan fingerprint density at radius 3 is 2.79 bits per heavy atom. The Kier molecular flexibility index (Phi) is 4.64. The quantitative estimate of drug-likeness (QED) is 0.805. The van der Waals surface area contributed by atoms with E-state index in [9.17, 15) is 5.11 Å². The summed E-state index contributed by atoms with van der Waals surface area (Å²) in [5.74, 6) is 0. The van der Waals surface area contributed by atoms with Crippen molar-refractivity contribution < 1.29 is 5.11 Å². The Labute approximate surface area is 142 Å². The second kappa shape index (κ2) is 6.71. The van der Waals surface area contributed by atoms with Crippen LogP contribution < -0.4 is 0 Å². The van der Waals surface area contributed by atoms with Crippen molar-refractivity contribution in [2.24, 2.45) is 0 Å². The molecule has 0 spiro atoms. The number of aliphatic hydroxyl groups excluding tert-OH is 1. The summed E-state index contributed by atoms with van der Waals surface area (Å²) in [5.41, 5.74) is 4.52. The van der Waals surface area contributed by atoms with Crippen molar-refractivity contribution in [3.63, 3.8) is 0 Å². The topological polar surface area (TPSA) is 54.2 Å². The summed E-state index contributed by atoms with van der Waals surface area (Å²) in [5, 5.41) is 11.8. The van der Waals surface area contributed by atoms with Crippen LogP contribution in [0.4, 0.5) is 0 Å². The summed E-state index contributed by atoms with van der Waals surface area (Å²) in [4.78, 5) is 10.9. The third-order valence-electron chi connectivity index (χ3n) is 4.65. The zero-order valence-corrected chi connectivity index (χ0v) is 13.2. The number of nitrogens with zero attached hydrogens (tertiary/aromatic N) is 4. The largest absolute Gasteiger partial charge is 0.387 e. The molecule has 5 heteroatoms. The average Bonchev–Trinajstić information content (AvgIpc) is 2.89. The van der Waals surface area contributed by atoms with Crippen LogP contribution in [0.2, 0.25) is 0 Å². The van der Waals surface area contributed by atoms with Crippen LogP contribution in [0.5, 0.6) is 0 Å². The molecule has 0 radical (unpaired) electrons. The van der Waals surface area contributed by atoms with Crippen molar-refractivity contribution in [2.45, 2.75) is 33.0 Å². The molecule has 1 aliphatic heterocycles.